The van der Waals surface area contributed by atoms with Crippen molar-refractivity contribution in [3.8, 4) is 0 Å². The molecule has 1 amide bonds. The maximum Gasteiger partial charge on any atom is 0.260 e. The molecule has 1 aromatic rings. The Labute approximate surface area is 113 Å². The molecule has 0 spiro atoms. The standard InChI is InChI=1S/C14H22N2O3/c1-9-5-6-10(12(18)15-9)13(19)16-11(7-8-17)14(2,3)4/h5-6,11,17H,7-8H2,1-4H3,(H,15,18)(H,16,19). The van der Waals surface area contributed by atoms with E-state index >= 15 is 0 Å². The predicted octanol–water partition coefficient (Wildman–Crippen LogP) is 1.21. The molecule has 1 aromatic heterocycles. The first-order chi connectivity index (χ1) is 8.75. The SMILES string of the molecule is Cc1ccc(C(=O)NC(CCO)C(C)(C)C)c(=O)[nH]1. The molecular formula is C14H22N2O3. The molecule has 5 heteroatoms. The van der Waals surface area contributed by atoms with E-state index < -0.39 is 11.5 Å². The van der Waals surface area contributed by atoms with Gasteiger partial charge >= 0.3 is 0 Å². The Morgan fingerprint density at radius 1 is 1.42 bits per heavy atom. The van der Waals surface area contributed by atoms with Crippen molar-refractivity contribution in [3.05, 3.63) is 33.7 Å². The van der Waals surface area contributed by atoms with Crippen LogP contribution in [0, 0.1) is 12.3 Å². The van der Waals surface area contributed by atoms with Gasteiger partial charge < -0.3 is 15.4 Å². The van der Waals surface area contributed by atoms with Gasteiger partial charge in [0.25, 0.3) is 11.5 Å². The largest absolute Gasteiger partial charge is 0.396 e. The summed E-state index contributed by atoms with van der Waals surface area (Å²) in [5, 5.41) is 11.9. The van der Waals surface area contributed by atoms with Crippen LogP contribution in [0.3, 0.4) is 0 Å². The normalized spacial score (nSPS) is 13.1. The smallest absolute Gasteiger partial charge is 0.260 e. The average molecular weight is 266 g/mol. The molecule has 0 aromatic carbocycles. The minimum absolute atomic E-state index is 0.00747. The highest BCUT2D eigenvalue weighted by molar-refractivity contribution is 5.94. The van der Waals surface area contributed by atoms with E-state index in [2.05, 4.69) is 10.3 Å². The number of amides is 1. The number of aromatic nitrogens is 1. The van der Waals surface area contributed by atoms with Crippen molar-refractivity contribution in [1.82, 2.24) is 10.3 Å². The fourth-order valence-electron chi connectivity index (χ4n) is 1.84. The van der Waals surface area contributed by atoms with Crippen molar-refractivity contribution in [2.24, 2.45) is 5.41 Å². The Kier molecular flexibility index (Phi) is 4.89. The van der Waals surface area contributed by atoms with Crippen molar-refractivity contribution in [2.75, 3.05) is 6.61 Å². The van der Waals surface area contributed by atoms with Gasteiger partial charge in [0.2, 0.25) is 0 Å². The van der Waals surface area contributed by atoms with Gasteiger partial charge in [-0.1, -0.05) is 20.8 Å². The van der Waals surface area contributed by atoms with E-state index in [4.69, 9.17) is 5.11 Å². The van der Waals surface area contributed by atoms with Gasteiger partial charge in [0.1, 0.15) is 5.56 Å². The molecule has 106 valence electrons. The van der Waals surface area contributed by atoms with Crippen LogP contribution >= 0.6 is 0 Å². The number of H-pyrrole nitrogens is 1. The van der Waals surface area contributed by atoms with Gasteiger partial charge in [0, 0.05) is 18.3 Å². The molecule has 1 heterocycles. The fraction of sp³-hybridized carbons (Fsp3) is 0.571. The van der Waals surface area contributed by atoms with Crippen molar-refractivity contribution in [2.45, 2.75) is 40.2 Å². The summed E-state index contributed by atoms with van der Waals surface area (Å²) >= 11 is 0. The minimum Gasteiger partial charge on any atom is -0.396 e. The van der Waals surface area contributed by atoms with Crippen molar-refractivity contribution >= 4 is 5.91 Å². The maximum atomic E-state index is 12.1. The van der Waals surface area contributed by atoms with Crippen molar-refractivity contribution < 1.29 is 9.90 Å². The van der Waals surface area contributed by atoms with Crippen LogP contribution in [0.2, 0.25) is 0 Å². The molecule has 1 rings (SSSR count). The Balaban J connectivity index is 2.91. The van der Waals surface area contributed by atoms with Gasteiger partial charge in [-0.25, -0.2) is 0 Å². The second kappa shape index (κ2) is 6.02. The number of rotatable bonds is 4. The highest BCUT2D eigenvalue weighted by Crippen LogP contribution is 2.21. The molecule has 0 aliphatic heterocycles. The summed E-state index contributed by atoms with van der Waals surface area (Å²) in [4.78, 5) is 26.4. The lowest BCUT2D eigenvalue weighted by molar-refractivity contribution is 0.0883. The second-order valence-corrected chi connectivity index (χ2v) is 5.79. The molecule has 1 unspecified atom stereocenters. The average Bonchev–Trinajstić information content (AvgIpc) is 2.26. The summed E-state index contributed by atoms with van der Waals surface area (Å²) in [5.41, 5.74) is 0.228. The Bertz CT molecular complexity index is 500. The first kappa shape index (κ1) is 15.4. The number of aliphatic hydroxyl groups is 1. The minimum atomic E-state index is -0.408. The molecule has 5 nitrogen and oxygen atoms in total. The summed E-state index contributed by atoms with van der Waals surface area (Å²) in [5.74, 6) is -0.408. The Morgan fingerprint density at radius 2 is 2.05 bits per heavy atom. The number of pyridine rings is 1. The molecule has 0 aliphatic rings. The molecule has 0 saturated carbocycles. The van der Waals surface area contributed by atoms with Crippen LogP contribution < -0.4 is 10.9 Å². The summed E-state index contributed by atoms with van der Waals surface area (Å²) in [7, 11) is 0. The third-order valence-corrected chi connectivity index (χ3v) is 3.07. The number of aromatic amines is 1. The van der Waals surface area contributed by atoms with Crippen LogP contribution in [0.25, 0.3) is 0 Å². The van der Waals surface area contributed by atoms with E-state index in [9.17, 15) is 9.59 Å². The van der Waals surface area contributed by atoms with Gasteiger partial charge in [0.15, 0.2) is 0 Å². The highest BCUT2D eigenvalue weighted by Gasteiger charge is 2.26. The number of hydrogen-bond donors (Lipinski definition) is 3. The van der Waals surface area contributed by atoms with Crippen LogP contribution in [-0.4, -0.2) is 28.6 Å². The predicted molar refractivity (Wildman–Crippen MR) is 74.2 cm³/mol. The third-order valence-electron chi connectivity index (χ3n) is 3.07. The summed E-state index contributed by atoms with van der Waals surface area (Å²) in [6.07, 6.45) is 0.457. The maximum absolute atomic E-state index is 12.1. The number of aliphatic hydroxyl groups excluding tert-OH is 1. The Hall–Kier alpha value is -1.62. The first-order valence-corrected chi connectivity index (χ1v) is 6.37. The zero-order valence-electron chi connectivity index (χ0n) is 11.9. The zero-order valence-corrected chi connectivity index (χ0v) is 11.9. The quantitative estimate of drug-likeness (QED) is 0.766. The third kappa shape index (κ3) is 4.21. The van der Waals surface area contributed by atoms with Crippen LogP contribution in [0.1, 0.15) is 43.2 Å². The number of carbonyl (C=O) groups excluding carboxylic acids is 1. The summed E-state index contributed by atoms with van der Waals surface area (Å²) < 4.78 is 0. The van der Waals surface area contributed by atoms with E-state index in [0.717, 1.165) is 0 Å². The molecule has 0 aliphatic carbocycles. The Morgan fingerprint density at radius 3 is 2.53 bits per heavy atom. The molecule has 0 radical (unpaired) electrons. The highest BCUT2D eigenvalue weighted by atomic mass is 16.3. The first-order valence-electron chi connectivity index (χ1n) is 6.37. The van der Waals surface area contributed by atoms with E-state index in [1.165, 1.54) is 6.07 Å². The number of aryl methyl sites for hydroxylation is 1. The van der Waals surface area contributed by atoms with Gasteiger partial charge in [-0.3, -0.25) is 9.59 Å². The van der Waals surface area contributed by atoms with E-state index in [1.54, 1.807) is 13.0 Å². The number of nitrogens with one attached hydrogen (secondary N) is 2. The molecule has 0 saturated heterocycles. The van der Waals surface area contributed by atoms with E-state index in [0.29, 0.717) is 12.1 Å². The summed E-state index contributed by atoms with van der Waals surface area (Å²) in [6, 6.07) is 3.02. The lowest BCUT2D eigenvalue weighted by atomic mass is 9.85. The lowest BCUT2D eigenvalue weighted by Crippen LogP contribution is -2.45. The topological polar surface area (TPSA) is 82.2 Å². The molecule has 1 atom stereocenters. The second-order valence-electron chi connectivity index (χ2n) is 5.79. The van der Waals surface area contributed by atoms with Crippen LogP contribution in [-0.2, 0) is 0 Å². The van der Waals surface area contributed by atoms with Crippen LogP contribution in [0.15, 0.2) is 16.9 Å². The van der Waals surface area contributed by atoms with Crippen LogP contribution in [0.5, 0.6) is 0 Å². The van der Waals surface area contributed by atoms with Crippen molar-refractivity contribution in [1.29, 1.82) is 0 Å². The molecule has 3 N–H and O–H groups in total. The van der Waals surface area contributed by atoms with Gasteiger partial charge in [-0.15, -0.1) is 0 Å². The number of carbonyl (C=O) groups is 1. The van der Waals surface area contributed by atoms with Crippen molar-refractivity contribution in [3.63, 3.8) is 0 Å². The molecular weight excluding hydrogens is 244 g/mol. The van der Waals surface area contributed by atoms with E-state index in [1.807, 2.05) is 20.8 Å². The molecule has 0 bridgehead atoms. The van der Waals surface area contributed by atoms with Gasteiger partial charge in [0.05, 0.1) is 0 Å². The van der Waals surface area contributed by atoms with Gasteiger partial charge in [-0.05, 0) is 30.9 Å². The molecule has 19 heavy (non-hydrogen) atoms. The lowest BCUT2D eigenvalue weighted by Gasteiger charge is -2.31. The monoisotopic (exact) mass is 266 g/mol. The fourth-order valence-corrected chi connectivity index (χ4v) is 1.84. The summed E-state index contributed by atoms with van der Waals surface area (Å²) in [6.45, 7) is 7.69. The zero-order chi connectivity index (χ0) is 14.6. The van der Waals surface area contributed by atoms with E-state index in [-0.39, 0.29) is 23.6 Å². The number of hydrogen-bond acceptors (Lipinski definition) is 3. The van der Waals surface area contributed by atoms with Gasteiger partial charge in [-0.2, -0.15) is 0 Å². The van der Waals surface area contributed by atoms with Crippen LogP contribution in [0.4, 0.5) is 0 Å². The molecule has 0 fully saturated rings.